The van der Waals surface area contributed by atoms with Crippen molar-refractivity contribution in [2.45, 2.75) is 172 Å². The summed E-state index contributed by atoms with van der Waals surface area (Å²) in [6.45, 7) is 7.16. The van der Waals surface area contributed by atoms with Crippen molar-refractivity contribution in [2.75, 3.05) is 13.1 Å². The number of hydrogen-bond donors (Lipinski definition) is 14. The van der Waals surface area contributed by atoms with Crippen LogP contribution < -0.4 is 60.2 Å². The lowest BCUT2D eigenvalue weighted by atomic mass is 9.98. The molecule has 2 aromatic carbocycles. The first-order chi connectivity index (χ1) is 38.7. The van der Waals surface area contributed by atoms with Crippen molar-refractivity contribution in [3.05, 3.63) is 65.7 Å². The fourth-order valence-corrected chi connectivity index (χ4v) is 8.99. The first kappa shape index (κ1) is 68.1. The summed E-state index contributed by atoms with van der Waals surface area (Å²) in [7, 11) is 0. The van der Waals surface area contributed by atoms with E-state index in [0.29, 0.717) is 24.0 Å². The number of carboxylic acid groups (broad SMARTS) is 2. The maximum absolute atomic E-state index is 14.6. The Morgan fingerprint density at radius 1 is 0.598 bits per heavy atom. The van der Waals surface area contributed by atoms with Gasteiger partial charge in [0.1, 0.15) is 54.1 Å². The summed E-state index contributed by atoms with van der Waals surface area (Å²) in [5, 5.41) is 47.0. The molecule has 0 unspecified atom stereocenters. The molecule has 0 aromatic heterocycles. The molecule has 0 aliphatic carbocycles. The summed E-state index contributed by atoms with van der Waals surface area (Å²) < 4.78 is 0. The monoisotopic (exact) mass is 1150 g/mol. The molecule has 0 bridgehead atoms. The summed E-state index contributed by atoms with van der Waals surface area (Å²) in [5.74, 6) is -12.4. The van der Waals surface area contributed by atoms with Crippen LogP contribution in [0.5, 0.6) is 5.75 Å². The van der Waals surface area contributed by atoms with Crippen LogP contribution in [0.3, 0.4) is 0 Å². The smallest absolute Gasteiger partial charge is 0.326 e. The van der Waals surface area contributed by atoms with Crippen LogP contribution in [0.1, 0.15) is 116 Å². The number of rotatable bonds is 36. The minimum absolute atomic E-state index is 0.0192. The molecule has 0 spiro atoms. The van der Waals surface area contributed by atoms with Gasteiger partial charge in [-0.25, -0.2) is 4.79 Å². The van der Waals surface area contributed by atoms with Gasteiger partial charge < -0.3 is 80.4 Å². The number of carboxylic acids is 2. The number of unbranched alkanes of at least 4 members (excludes halogenated alkanes) is 1. The van der Waals surface area contributed by atoms with Crippen molar-refractivity contribution in [3.63, 3.8) is 0 Å². The Hall–Kier alpha value is -8.20. The first-order valence-corrected chi connectivity index (χ1v) is 27.5. The molecular weight excluding hydrogens is 1070 g/mol. The van der Waals surface area contributed by atoms with Gasteiger partial charge in [0.25, 0.3) is 0 Å². The molecule has 1 heterocycles. The summed E-state index contributed by atoms with van der Waals surface area (Å²) in [5.41, 5.74) is 23.8. The number of likely N-dealkylation sites (tertiary alicyclic amines) is 1. The number of hydrogen-bond acceptors (Lipinski definition) is 15. The van der Waals surface area contributed by atoms with Crippen molar-refractivity contribution in [2.24, 2.45) is 34.8 Å². The zero-order chi connectivity index (χ0) is 61.2. The molecule has 27 nitrogen and oxygen atoms in total. The standard InChI is InChI=1S/C55H82N12O15/c1-5-31(4)46(59)53(79)65-39(28-33-16-18-34(68)19-17-33)50(76)61-36(20-22-43(57)69)48(74)62-37(21-23-45(71)72)54(80)67-25-11-15-42(67)52(78)64-38(27-32-12-7-6-8-13-32)49(75)60-35(14-9-10-24-56)47(73)63-40(29-44(58)70)51(77)66-41(55(81)82)26-30(2)3/h6-8,12-13,16-19,30-31,35-42,46,68H,5,9-11,14-15,20-29,56,59H2,1-4H3,(H2,57,69)(H2,58,70)(H,60,75)(H,61,76)(H,62,74)(H,63,73)(H,64,78)(H,65,79)(H,66,77)(H,71,72)(H,81,82)/t31-,35-,36-,37-,38-,39-,40-,41-,42-,46-/m0/s1. The molecule has 10 atom stereocenters. The maximum Gasteiger partial charge on any atom is 0.326 e. The molecule has 0 radical (unpaired) electrons. The number of carbonyl (C=O) groups excluding carboxylic acids is 10. The molecule has 10 amide bonds. The highest BCUT2D eigenvalue weighted by molar-refractivity contribution is 5.99. The van der Waals surface area contributed by atoms with Crippen LogP contribution >= 0.6 is 0 Å². The molecule has 452 valence electrons. The Kier molecular flexibility index (Phi) is 28.4. The van der Waals surface area contributed by atoms with E-state index in [9.17, 15) is 72.9 Å². The number of benzene rings is 2. The molecule has 1 saturated heterocycles. The summed E-state index contributed by atoms with van der Waals surface area (Å²) >= 11 is 0. The average molecular weight is 1150 g/mol. The lowest BCUT2D eigenvalue weighted by molar-refractivity contribution is -0.144. The fraction of sp³-hybridized carbons (Fsp3) is 0.564. The van der Waals surface area contributed by atoms with Crippen LogP contribution in [0, 0.1) is 11.8 Å². The third-order valence-electron chi connectivity index (χ3n) is 13.8. The first-order valence-electron chi connectivity index (χ1n) is 27.5. The van der Waals surface area contributed by atoms with Crippen molar-refractivity contribution >= 4 is 71.0 Å². The van der Waals surface area contributed by atoms with Gasteiger partial charge in [0.2, 0.25) is 59.1 Å². The second kappa shape index (κ2) is 34.2. The molecule has 82 heavy (non-hydrogen) atoms. The number of phenolic OH excluding ortho intramolecular Hbond substituents is 1. The van der Waals surface area contributed by atoms with E-state index in [0.717, 1.165) is 4.90 Å². The number of aliphatic carboxylic acids is 2. The van der Waals surface area contributed by atoms with Crippen molar-refractivity contribution in [1.29, 1.82) is 0 Å². The summed E-state index contributed by atoms with van der Waals surface area (Å²) in [6, 6.07) is 1.31. The lowest BCUT2D eigenvalue weighted by Crippen LogP contribution is -2.60. The van der Waals surface area contributed by atoms with E-state index in [-0.39, 0.29) is 75.6 Å². The number of carbonyl (C=O) groups is 12. The van der Waals surface area contributed by atoms with E-state index < -0.39 is 157 Å². The van der Waals surface area contributed by atoms with Crippen LogP contribution in [0.2, 0.25) is 0 Å². The Morgan fingerprint density at radius 3 is 1.63 bits per heavy atom. The van der Waals surface area contributed by atoms with E-state index in [4.69, 9.17) is 22.9 Å². The molecule has 27 heteroatoms. The topological polar surface area (TPSA) is 457 Å². The van der Waals surface area contributed by atoms with Crippen LogP contribution in [0.4, 0.5) is 0 Å². The predicted molar refractivity (Wildman–Crippen MR) is 297 cm³/mol. The van der Waals surface area contributed by atoms with Crippen molar-refractivity contribution in [1.82, 2.24) is 42.1 Å². The van der Waals surface area contributed by atoms with Gasteiger partial charge in [-0.15, -0.1) is 0 Å². The van der Waals surface area contributed by atoms with E-state index in [1.807, 2.05) is 6.92 Å². The molecule has 1 aliphatic heterocycles. The van der Waals surface area contributed by atoms with E-state index >= 15 is 0 Å². The predicted octanol–water partition coefficient (Wildman–Crippen LogP) is -1.80. The molecule has 2 aromatic rings. The van der Waals surface area contributed by atoms with Crippen molar-refractivity contribution < 1.29 is 72.9 Å². The van der Waals surface area contributed by atoms with Gasteiger partial charge in [-0.1, -0.05) is 76.6 Å². The number of nitrogens with two attached hydrogens (primary N) is 4. The Morgan fingerprint density at radius 2 is 1.10 bits per heavy atom. The summed E-state index contributed by atoms with van der Waals surface area (Å²) in [6.07, 6.45) is -1.65. The second-order valence-corrected chi connectivity index (χ2v) is 20.9. The number of primary amides is 2. The van der Waals surface area contributed by atoms with Crippen LogP contribution in [-0.4, -0.2) is 159 Å². The molecule has 18 N–H and O–H groups in total. The van der Waals surface area contributed by atoms with Gasteiger partial charge in [0, 0.05) is 32.2 Å². The van der Waals surface area contributed by atoms with E-state index in [1.54, 1.807) is 51.1 Å². The maximum atomic E-state index is 14.6. The Labute approximate surface area is 475 Å². The van der Waals surface area contributed by atoms with Gasteiger partial charge in [-0.05, 0) is 93.0 Å². The molecule has 3 rings (SSSR count). The van der Waals surface area contributed by atoms with Gasteiger partial charge in [0.05, 0.1) is 12.5 Å². The van der Waals surface area contributed by atoms with Gasteiger partial charge in [-0.2, -0.15) is 0 Å². The molecule has 0 saturated carbocycles. The van der Waals surface area contributed by atoms with Crippen LogP contribution in [-0.2, 0) is 70.4 Å². The van der Waals surface area contributed by atoms with Crippen LogP contribution in [0.15, 0.2) is 54.6 Å². The third-order valence-corrected chi connectivity index (χ3v) is 13.8. The number of nitrogens with zero attached hydrogens (tertiary/aromatic N) is 1. The number of phenols is 1. The second-order valence-electron chi connectivity index (χ2n) is 20.9. The molecule has 1 fully saturated rings. The highest BCUT2D eigenvalue weighted by Crippen LogP contribution is 2.22. The summed E-state index contributed by atoms with van der Waals surface area (Å²) in [4.78, 5) is 162. The highest BCUT2D eigenvalue weighted by atomic mass is 16.4. The quantitative estimate of drug-likeness (QED) is 0.0335. The Bertz CT molecular complexity index is 2540. The fourth-order valence-electron chi connectivity index (χ4n) is 8.99. The van der Waals surface area contributed by atoms with E-state index in [2.05, 4.69) is 37.2 Å². The van der Waals surface area contributed by atoms with Gasteiger partial charge >= 0.3 is 11.9 Å². The average Bonchev–Trinajstić information content (AvgIpc) is 3.94. The lowest BCUT2D eigenvalue weighted by Gasteiger charge is -2.31. The number of amides is 10. The zero-order valence-corrected chi connectivity index (χ0v) is 46.9. The minimum atomic E-state index is -1.66. The van der Waals surface area contributed by atoms with Crippen molar-refractivity contribution in [3.8, 4) is 5.75 Å². The molecule has 1 aliphatic rings. The normalized spacial score (nSPS) is 16.3. The number of nitrogens with one attached hydrogen (secondary N) is 7. The highest BCUT2D eigenvalue weighted by Gasteiger charge is 2.41. The molecular formula is C55H82N12O15. The SMILES string of the molecule is CC[C@H](C)[C@H](N)C(=O)N[C@@H](Cc1ccc(O)cc1)C(=O)N[C@@H](CCC(N)=O)C(=O)N[C@@H](CCC(=O)O)C(=O)N1CCC[C@H]1C(=O)N[C@@H](Cc1ccccc1)C(=O)N[C@@H](CCCCN)C(=O)N[C@@H](CC(N)=O)C(=O)N[C@@H](CC(C)C)C(=O)O. The van der Waals surface area contributed by atoms with Gasteiger partial charge in [-0.3, -0.25) is 52.7 Å². The minimum Gasteiger partial charge on any atom is -0.508 e. The number of aromatic hydroxyl groups is 1. The van der Waals surface area contributed by atoms with Crippen LogP contribution in [0.25, 0.3) is 0 Å². The zero-order valence-electron chi connectivity index (χ0n) is 46.9. The Balaban J connectivity index is 1.95. The third kappa shape index (κ3) is 23.1. The largest absolute Gasteiger partial charge is 0.508 e. The van der Waals surface area contributed by atoms with Gasteiger partial charge in [0.15, 0.2) is 0 Å². The van der Waals surface area contributed by atoms with E-state index in [1.165, 1.54) is 24.3 Å².